The zero-order chi connectivity index (χ0) is 53.4. The number of amides is 9. The molecule has 0 aliphatic rings. The molecule has 0 saturated carbocycles. The highest BCUT2D eigenvalue weighted by Crippen LogP contribution is 2.20. The van der Waals surface area contributed by atoms with Crippen LogP contribution < -0.4 is 65.9 Å². The number of carboxylic acid groups (broad SMARTS) is 1. The number of rotatable bonds is 33. The minimum absolute atomic E-state index is 0.0368. The summed E-state index contributed by atoms with van der Waals surface area (Å²) in [6, 6.07) is -2.45. The second-order valence-corrected chi connectivity index (χ2v) is 18.5. The molecule has 0 bridgehead atoms. The first-order chi connectivity index (χ1) is 33.5. The summed E-state index contributed by atoms with van der Waals surface area (Å²) in [5.41, 5.74) is 29.1. The molecule has 8 atom stereocenters. The Bertz CT molecular complexity index is 2200. The van der Waals surface area contributed by atoms with E-state index in [2.05, 4.69) is 47.2 Å². The zero-order valence-electron chi connectivity index (χ0n) is 40.8. The maximum atomic E-state index is 14.1. The van der Waals surface area contributed by atoms with Gasteiger partial charge in [0.25, 0.3) is 0 Å². The van der Waals surface area contributed by atoms with Gasteiger partial charge in [0, 0.05) is 36.5 Å². The van der Waals surface area contributed by atoms with Crippen molar-refractivity contribution >= 4 is 87.8 Å². The molecular weight excluding hydrogens is 945 g/mol. The fraction of sp³-hybridized carbons (Fsp3) is 0.578. The van der Waals surface area contributed by atoms with Gasteiger partial charge in [-0.05, 0) is 67.6 Å². The number of hydrogen-bond acceptors (Lipinski definition) is 13. The van der Waals surface area contributed by atoms with Crippen LogP contribution in [0.25, 0.3) is 10.9 Å². The van der Waals surface area contributed by atoms with E-state index in [1.54, 1.807) is 43.6 Å². The van der Waals surface area contributed by atoms with E-state index in [0.29, 0.717) is 12.0 Å². The molecule has 1 aromatic carbocycles. The molecule has 2 aromatic rings. The number of primary amides is 2. The van der Waals surface area contributed by atoms with Crippen molar-refractivity contribution in [3.63, 3.8) is 0 Å². The summed E-state index contributed by atoms with van der Waals surface area (Å²) in [5, 5.41) is 27.9. The number of aromatic nitrogens is 1. The molecule has 1 aromatic heterocycles. The normalized spacial score (nSPS) is 14.5. The quantitative estimate of drug-likeness (QED) is 0.0195. The highest BCUT2D eigenvalue weighted by Gasteiger charge is 2.35. The molecule has 0 unspecified atom stereocenters. The minimum Gasteiger partial charge on any atom is -0.481 e. The van der Waals surface area contributed by atoms with Gasteiger partial charge in [0.05, 0.1) is 19.0 Å². The molecule has 0 fully saturated rings. The number of nitrogens with two attached hydrogens (primary N) is 5. The second kappa shape index (κ2) is 30.6. The Hall–Kier alpha value is -6.96. The van der Waals surface area contributed by atoms with E-state index in [0.717, 1.165) is 10.9 Å². The summed E-state index contributed by atoms with van der Waals surface area (Å²) in [6.07, 6.45) is 2.08. The number of para-hydroxylation sites is 1. The molecule has 2 rings (SSSR count). The van der Waals surface area contributed by atoms with E-state index in [1.807, 2.05) is 20.8 Å². The van der Waals surface area contributed by atoms with Crippen molar-refractivity contribution < 1.29 is 53.1 Å². The van der Waals surface area contributed by atoms with Crippen LogP contribution in [0.5, 0.6) is 0 Å². The largest absolute Gasteiger partial charge is 0.481 e. The van der Waals surface area contributed by atoms with Gasteiger partial charge in [-0.3, -0.25) is 52.9 Å². The van der Waals surface area contributed by atoms with Gasteiger partial charge in [0.2, 0.25) is 53.2 Å². The van der Waals surface area contributed by atoms with Gasteiger partial charge < -0.3 is 76.0 Å². The molecule has 0 spiro atoms. The van der Waals surface area contributed by atoms with Gasteiger partial charge in [-0.2, -0.15) is 11.8 Å². The summed E-state index contributed by atoms with van der Waals surface area (Å²) in [5.74, 6) is -9.58. The van der Waals surface area contributed by atoms with Crippen LogP contribution in [0.4, 0.5) is 0 Å². The Balaban J connectivity index is 2.44. The number of guanidine groups is 1. The number of carbonyl (C=O) groups excluding carboxylic acids is 9. The van der Waals surface area contributed by atoms with Crippen LogP contribution in [0.1, 0.15) is 84.6 Å². The van der Waals surface area contributed by atoms with Gasteiger partial charge in [-0.1, -0.05) is 52.3 Å². The number of hydrogen-bond donors (Lipinski definition) is 14. The molecule has 19 N–H and O–H groups in total. The third-order valence-electron chi connectivity index (χ3n) is 11.2. The monoisotopic (exact) mass is 1020 g/mol. The number of carbonyl (C=O) groups is 10. The van der Waals surface area contributed by atoms with Gasteiger partial charge >= 0.3 is 5.97 Å². The van der Waals surface area contributed by atoms with E-state index in [9.17, 15) is 53.1 Å². The average Bonchev–Trinajstić information content (AvgIpc) is 3.72. The predicted molar refractivity (Wildman–Crippen MR) is 266 cm³/mol. The fourth-order valence-corrected chi connectivity index (χ4v) is 7.57. The lowest BCUT2D eigenvalue weighted by atomic mass is 9.97. The molecular formula is C45H72N14O11S. The number of aliphatic imine (C=N–C) groups is 1. The number of aromatic amines is 1. The van der Waals surface area contributed by atoms with Crippen molar-refractivity contribution in [3.8, 4) is 0 Å². The lowest BCUT2D eigenvalue weighted by Gasteiger charge is -2.28. The minimum atomic E-state index is -1.70. The highest BCUT2D eigenvalue weighted by atomic mass is 32.2. The van der Waals surface area contributed by atoms with Crippen LogP contribution in [0.2, 0.25) is 0 Å². The maximum Gasteiger partial charge on any atom is 0.303 e. The smallest absolute Gasteiger partial charge is 0.303 e. The Morgan fingerprint density at radius 1 is 0.690 bits per heavy atom. The summed E-state index contributed by atoms with van der Waals surface area (Å²) in [4.78, 5) is 139. The van der Waals surface area contributed by atoms with Gasteiger partial charge in [0.15, 0.2) is 5.96 Å². The third kappa shape index (κ3) is 21.7. The van der Waals surface area contributed by atoms with Crippen molar-refractivity contribution in [2.75, 3.05) is 25.1 Å². The second-order valence-electron chi connectivity index (χ2n) is 17.5. The van der Waals surface area contributed by atoms with Crippen LogP contribution in [-0.4, -0.2) is 143 Å². The Labute approximate surface area is 416 Å². The summed E-state index contributed by atoms with van der Waals surface area (Å²) in [6.45, 7) is 6.77. The Morgan fingerprint density at radius 3 is 1.77 bits per heavy atom. The number of carboxylic acids is 1. The van der Waals surface area contributed by atoms with Crippen LogP contribution in [0.3, 0.4) is 0 Å². The van der Waals surface area contributed by atoms with Gasteiger partial charge in [0.1, 0.15) is 36.3 Å². The Kier molecular flexibility index (Phi) is 25.9. The van der Waals surface area contributed by atoms with Gasteiger partial charge in [-0.25, -0.2) is 0 Å². The standard InChI is InChI=1S/C45H72N14O11S/c1-6-24(4)37(48)44(70)59-31(18-23(2)3)42(68)54-28(12-9-16-51-45(49)50)39(65)55-29(13-14-36(62)63)40(66)56-30(15-17-71-5)41(67)58-33(20-34(46)60)43(69)57-32(38(64)53-22-35(47)61)19-25-21-52-27-11-8-7-10-26(25)27/h7-8,10-11,21,23-24,28-33,37,52H,6,9,12-20,22,48H2,1-5H3,(H2,46,60)(H2,47,61)(H,53,64)(H,54,68)(H,55,65)(H,56,66)(H,57,69)(H,58,67)(H,59,70)(H,62,63)(H4,49,50,51)/t24-,28-,29-,30-,31-,32-,33-,37-/m0/s1. The molecule has 1 heterocycles. The van der Waals surface area contributed by atoms with E-state index < -0.39 is 127 Å². The molecule has 0 saturated heterocycles. The van der Waals surface area contributed by atoms with Crippen LogP contribution in [0, 0.1) is 11.8 Å². The number of nitrogens with one attached hydrogen (secondary N) is 8. The average molecular weight is 1020 g/mol. The zero-order valence-corrected chi connectivity index (χ0v) is 41.7. The van der Waals surface area contributed by atoms with Crippen LogP contribution in [-0.2, 0) is 54.4 Å². The number of nitrogens with zero attached hydrogens (tertiary/aromatic N) is 1. The Morgan fingerprint density at radius 2 is 1.23 bits per heavy atom. The third-order valence-corrected chi connectivity index (χ3v) is 11.9. The van der Waals surface area contributed by atoms with Crippen LogP contribution >= 0.6 is 11.8 Å². The first-order valence-corrected chi connectivity index (χ1v) is 24.6. The van der Waals surface area contributed by atoms with E-state index >= 15 is 0 Å². The lowest BCUT2D eigenvalue weighted by molar-refractivity contribution is -0.139. The summed E-state index contributed by atoms with van der Waals surface area (Å²) < 4.78 is 0. The van der Waals surface area contributed by atoms with Crippen molar-refractivity contribution in [2.45, 2.75) is 128 Å². The fourth-order valence-electron chi connectivity index (χ4n) is 7.10. The molecule has 25 nitrogen and oxygen atoms in total. The van der Waals surface area contributed by atoms with Crippen molar-refractivity contribution in [2.24, 2.45) is 45.5 Å². The molecule has 9 amide bonds. The molecule has 71 heavy (non-hydrogen) atoms. The number of aliphatic carboxylic acids is 1. The molecule has 26 heteroatoms. The molecule has 0 aliphatic heterocycles. The lowest BCUT2D eigenvalue weighted by Crippen LogP contribution is -2.60. The molecule has 394 valence electrons. The van der Waals surface area contributed by atoms with Crippen LogP contribution in [0.15, 0.2) is 35.5 Å². The summed E-state index contributed by atoms with van der Waals surface area (Å²) >= 11 is 1.29. The maximum absolute atomic E-state index is 14.1. The number of H-pyrrole nitrogens is 1. The molecule has 0 radical (unpaired) electrons. The number of benzene rings is 1. The topological polar surface area (TPSA) is 433 Å². The highest BCUT2D eigenvalue weighted by molar-refractivity contribution is 7.98. The summed E-state index contributed by atoms with van der Waals surface area (Å²) in [7, 11) is 0. The van der Waals surface area contributed by atoms with Gasteiger partial charge in [-0.15, -0.1) is 0 Å². The van der Waals surface area contributed by atoms with Crippen molar-refractivity contribution in [3.05, 3.63) is 36.0 Å². The van der Waals surface area contributed by atoms with Crippen molar-refractivity contribution in [1.29, 1.82) is 0 Å². The first kappa shape index (κ1) is 60.2. The SMILES string of the molecule is CC[C@H](C)[C@H](N)C(=O)N[C@@H](CC(C)C)C(=O)N[C@@H](CCCN=C(N)N)C(=O)N[C@@H](CCC(=O)O)C(=O)N[C@@H](CCSC)C(=O)N[C@@H](CC(N)=O)C(=O)N[C@@H](Cc1c[nH]c2ccccc12)C(=O)NCC(N)=O. The van der Waals surface area contributed by atoms with E-state index in [1.165, 1.54) is 11.8 Å². The molecule has 0 aliphatic carbocycles. The van der Waals surface area contributed by atoms with E-state index in [4.69, 9.17) is 28.7 Å². The number of thioether (sulfide) groups is 1. The first-order valence-electron chi connectivity index (χ1n) is 23.2. The number of fused-ring (bicyclic) bond motifs is 1. The predicted octanol–water partition coefficient (Wildman–Crippen LogP) is -2.81. The van der Waals surface area contributed by atoms with Crippen molar-refractivity contribution in [1.82, 2.24) is 42.2 Å². The van der Waals surface area contributed by atoms with E-state index in [-0.39, 0.29) is 62.2 Å².